The number of ether oxygens (including phenoxy) is 2. The van der Waals surface area contributed by atoms with Crippen LogP contribution < -0.4 is 14.8 Å². The summed E-state index contributed by atoms with van der Waals surface area (Å²) in [5.41, 5.74) is 6.26. The lowest BCUT2D eigenvalue weighted by Crippen LogP contribution is -2.38. The third-order valence-electron chi connectivity index (χ3n) is 13.1. The SMILES string of the molecule is COc1cc2c(cc1OC)C(CCCCN(CC1CC1)CC1CC1)N(CCCC(CCCNC(=O)CCc1ccc(F)cc1)(c1ccccc1)c1ccccc1)CC2. The molecule has 1 heterocycles. The largest absolute Gasteiger partial charge is 0.493 e. The van der Waals surface area contributed by atoms with E-state index in [4.69, 9.17) is 9.47 Å². The zero-order valence-corrected chi connectivity index (χ0v) is 35.1. The second-order valence-corrected chi connectivity index (χ2v) is 17.3. The molecule has 2 saturated carbocycles. The monoisotopic (exact) mass is 788 g/mol. The summed E-state index contributed by atoms with van der Waals surface area (Å²) in [5.74, 6) is 3.32. The Morgan fingerprint density at radius 1 is 0.793 bits per heavy atom. The maximum Gasteiger partial charge on any atom is 0.220 e. The number of methoxy groups -OCH3 is 2. The summed E-state index contributed by atoms with van der Waals surface area (Å²) in [7, 11) is 3.49. The molecule has 0 spiro atoms. The molecule has 4 aromatic carbocycles. The Morgan fingerprint density at radius 3 is 2.03 bits per heavy atom. The van der Waals surface area contributed by atoms with Crippen molar-refractivity contribution in [1.29, 1.82) is 0 Å². The maximum atomic E-state index is 13.4. The topological polar surface area (TPSA) is 54.0 Å². The number of halogens is 1. The fourth-order valence-electron chi connectivity index (χ4n) is 9.53. The number of hydrogen-bond acceptors (Lipinski definition) is 5. The number of amides is 1. The third kappa shape index (κ3) is 11.5. The summed E-state index contributed by atoms with van der Waals surface area (Å²) in [6.07, 6.45) is 15.2. The van der Waals surface area contributed by atoms with Gasteiger partial charge in [0.1, 0.15) is 5.82 Å². The van der Waals surface area contributed by atoms with Gasteiger partial charge in [0, 0.05) is 44.1 Å². The smallest absolute Gasteiger partial charge is 0.220 e. The molecule has 58 heavy (non-hydrogen) atoms. The average molecular weight is 788 g/mol. The minimum absolute atomic E-state index is 0.0403. The van der Waals surface area contributed by atoms with Gasteiger partial charge in [0.05, 0.1) is 14.2 Å². The Balaban J connectivity index is 1.04. The molecule has 0 radical (unpaired) electrons. The highest BCUT2D eigenvalue weighted by atomic mass is 19.1. The van der Waals surface area contributed by atoms with E-state index in [1.165, 1.54) is 92.5 Å². The van der Waals surface area contributed by atoms with Crippen molar-refractivity contribution in [2.24, 2.45) is 11.8 Å². The zero-order chi connectivity index (χ0) is 40.2. The summed E-state index contributed by atoms with van der Waals surface area (Å²) in [4.78, 5) is 18.5. The van der Waals surface area contributed by atoms with Gasteiger partial charge in [0.2, 0.25) is 5.91 Å². The van der Waals surface area contributed by atoms with Crippen LogP contribution in [0.5, 0.6) is 11.5 Å². The lowest BCUT2D eigenvalue weighted by atomic mass is 9.68. The van der Waals surface area contributed by atoms with Gasteiger partial charge < -0.3 is 19.7 Å². The molecular formula is C51H66FN3O3. The predicted molar refractivity (Wildman–Crippen MR) is 233 cm³/mol. The van der Waals surface area contributed by atoms with Crippen LogP contribution in [0.1, 0.15) is 111 Å². The Hall–Kier alpha value is -4.20. The summed E-state index contributed by atoms with van der Waals surface area (Å²) in [6.45, 7) is 6.52. The number of aryl methyl sites for hydroxylation is 1. The summed E-state index contributed by atoms with van der Waals surface area (Å²) >= 11 is 0. The highest BCUT2D eigenvalue weighted by Crippen LogP contribution is 2.43. The minimum atomic E-state index is -0.253. The summed E-state index contributed by atoms with van der Waals surface area (Å²) < 4.78 is 25.0. The van der Waals surface area contributed by atoms with E-state index in [0.29, 0.717) is 25.4 Å². The van der Waals surface area contributed by atoms with Crippen molar-refractivity contribution in [3.05, 3.63) is 131 Å². The standard InChI is InChI=1S/C51H66FN3O3/c1-57-48-35-42-28-34-55(47(46(42)36-49(48)58-2)17-9-10-32-54(37-40-18-19-40)38-41-20-21-41)33-12-30-51(43-13-5-3-6-14-43,44-15-7-4-8-16-44)29-11-31-53-50(56)27-24-39-22-25-45(52)26-23-39/h3-8,13-16,22-23,25-26,35-36,40-41,47H,9-12,17-21,24,27-34,37-38H2,1-2H3,(H,53,56). The zero-order valence-electron chi connectivity index (χ0n) is 35.1. The van der Waals surface area contributed by atoms with Crippen molar-refractivity contribution in [3.63, 3.8) is 0 Å². The number of hydrogen-bond donors (Lipinski definition) is 1. The van der Waals surface area contributed by atoms with Crippen LogP contribution in [0.3, 0.4) is 0 Å². The molecule has 2 fully saturated rings. The Morgan fingerprint density at radius 2 is 1.41 bits per heavy atom. The third-order valence-corrected chi connectivity index (χ3v) is 13.1. The minimum Gasteiger partial charge on any atom is -0.493 e. The van der Waals surface area contributed by atoms with Crippen LogP contribution >= 0.6 is 0 Å². The van der Waals surface area contributed by atoms with E-state index in [-0.39, 0.29) is 17.1 Å². The molecule has 0 saturated heterocycles. The quantitative estimate of drug-likeness (QED) is 0.0717. The van der Waals surface area contributed by atoms with Crippen LogP contribution in [0.25, 0.3) is 0 Å². The van der Waals surface area contributed by atoms with E-state index in [2.05, 4.69) is 87.9 Å². The van der Waals surface area contributed by atoms with Gasteiger partial charge in [-0.05, 0) is 154 Å². The van der Waals surface area contributed by atoms with Crippen LogP contribution in [0.4, 0.5) is 4.39 Å². The second-order valence-electron chi connectivity index (χ2n) is 17.3. The molecule has 1 unspecified atom stereocenters. The highest BCUT2D eigenvalue weighted by Gasteiger charge is 2.35. The number of carbonyl (C=O) groups is 1. The van der Waals surface area contributed by atoms with E-state index in [1.54, 1.807) is 26.4 Å². The van der Waals surface area contributed by atoms with Crippen LogP contribution in [0.15, 0.2) is 97.1 Å². The molecule has 0 bridgehead atoms. The van der Waals surface area contributed by atoms with Gasteiger partial charge in [0.25, 0.3) is 0 Å². The van der Waals surface area contributed by atoms with E-state index >= 15 is 0 Å². The molecule has 1 amide bonds. The molecule has 1 N–H and O–H groups in total. The second kappa shape index (κ2) is 20.7. The van der Waals surface area contributed by atoms with Gasteiger partial charge >= 0.3 is 0 Å². The number of fused-ring (bicyclic) bond motifs is 1. The van der Waals surface area contributed by atoms with Gasteiger partial charge in [-0.2, -0.15) is 0 Å². The molecule has 1 aliphatic heterocycles. The average Bonchev–Trinajstić information content (AvgIpc) is 4.22. The molecule has 2 aliphatic carbocycles. The van der Waals surface area contributed by atoms with E-state index in [1.807, 2.05) is 0 Å². The first kappa shape index (κ1) is 41.9. The lowest BCUT2D eigenvalue weighted by molar-refractivity contribution is -0.121. The van der Waals surface area contributed by atoms with Crippen LogP contribution in [-0.4, -0.2) is 69.2 Å². The van der Waals surface area contributed by atoms with Crippen LogP contribution in [-0.2, 0) is 23.1 Å². The van der Waals surface area contributed by atoms with E-state index in [9.17, 15) is 9.18 Å². The molecule has 3 aliphatic rings. The molecule has 310 valence electrons. The molecule has 4 aromatic rings. The Bertz CT molecular complexity index is 1810. The predicted octanol–water partition coefficient (Wildman–Crippen LogP) is 10.3. The lowest BCUT2D eigenvalue weighted by Gasteiger charge is -2.40. The molecule has 7 rings (SSSR count). The van der Waals surface area contributed by atoms with Crippen molar-refractivity contribution in [3.8, 4) is 11.5 Å². The Labute approximate surface area is 347 Å². The number of nitrogens with one attached hydrogen (secondary N) is 1. The maximum absolute atomic E-state index is 13.4. The number of rotatable bonds is 24. The summed E-state index contributed by atoms with van der Waals surface area (Å²) in [5, 5.41) is 3.19. The van der Waals surface area contributed by atoms with Gasteiger partial charge in [-0.1, -0.05) is 79.2 Å². The molecule has 1 atom stereocenters. The number of carbonyl (C=O) groups excluding carboxylic acids is 1. The number of unbranched alkanes of at least 4 members (excludes halogenated alkanes) is 1. The van der Waals surface area contributed by atoms with E-state index < -0.39 is 0 Å². The van der Waals surface area contributed by atoms with Crippen LogP contribution in [0, 0.1) is 17.7 Å². The fraction of sp³-hybridized carbons (Fsp3) is 0.510. The van der Waals surface area contributed by atoms with Crippen molar-refractivity contribution in [2.45, 2.75) is 101 Å². The number of benzene rings is 4. The molecule has 7 heteroatoms. The van der Waals surface area contributed by atoms with Crippen molar-refractivity contribution < 1.29 is 18.7 Å². The van der Waals surface area contributed by atoms with Crippen molar-refractivity contribution in [1.82, 2.24) is 15.1 Å². The van der Waals surface area contributed by atoms with Crippen molar-refractivity contribution >= 4 is 5.91 Å². The van der Waals surface area contributed by atoms with Gasteiger partial charge in [0.15, 0.2) is 11.5 Å². The Kier molecular flexibility index (Phi) is 14.9. The van der Waals surface area contributed by atoms with Gasteiger partial charge in [-0.3, -0.25) is 9.69 Å². The van der Waals surface area contributed by atoms with E-state index in [0.717, 1.165) is 80.5 Å². The first-order valence-electron chi connectivity index (χ1n) is 22.3. The summed E-state index contributed by atoms with van der Waals surface area (Å²) in [6, 6.07) is 33.3. The fourth-order valence-corrected chi connectivity index (χ4v) is 9.53. The highest BCUT2D eigenvalue weighted by molar-refractivity contribution is 5.76. The number of nitrogens with zero attached hydrogens (tertiary/aromatic N) is 2. The normalized spacial score (nSPS) is 16.9. The first-order chi connectivity index (χ1) is 28.4. The van der Waals surface area contributed by atoms with Crippen LogP contribution in [0.2, 0.25) is 0 Å². The van der Waals surface area contributed by atoms with Gasteiger partial charge in [-0.25, -0.2) is 4.39 Å². The molecule has 0 aromatic heterocycles. The molecular weight excluding hydrogens is 722 g/mol. The van der Waals surface area contributed by atoms with Crippen molar-refractivity contribution in [2.75, 3.05) is 53.5 Å². The first-order valence-corrected chi connectivity index (χ1v) is 22.3. The molecule has 6 nitrogen and oxygen atoms in total. The van der Waals surface area contributed by atoms with Gasteiger partial charge in [-0.15, -0.1) is 0 Å².